The third-order valence-corrected chi connectivity index (χ3v) is 3.96. The van der Waals surface area contributed by atoms with Gasteiger partial charge in [0, 0.05) is 11.1 Å². The minimum atomic E-state index is -0.0787. The molecule has 1 heterocycles. The molecule has 1 amide bonds. The van der Waals surface area contributed by atoms with Gasteiger partial charge in [0.05, 0.1) is 22.7 Å². The van der Waals surface area contributed by atoms with Crippen molar-refractivity contribution in [1.29, 1.82) is 0 Å². The highest BCUT2D eigenvalue weighted by Gasteiger charge is 2.32. The summed E-state index contributed by atoms with van der Waals surface area (Å²) in [4.78, 5) is 12.2. The second-order valence-corrected chi connectivity index (χ2v) is 5.65. The Labute approximate surface area is 120 Å². The second-order valence-electron chi connectivity index (χ2n) is 4.33. The first-order chi connectivity index (χ1) is 8.61. The largest absolute Gasteiger partial charge is 0.377 e. The van der Waals surface area contributed by atoms with Crippen molar-refractivity contribution >= 4 is 39.1 Å². The van der Waals surface area contributed by atoms with Gasteiger partial charge in [-0.3, -0.25) is 4.79 Å². The van der Waals surface area contributed by atoms with Crippen LogP contribution in [0.15, 0.2) is 22.7 Å². The van der Waals surface area contributed by atoms with Gasteiger partial charge in [-0.15, -0.1) is 0 Å². The number of ether oxygens (including phenoxy) is 1. The maximum absolute atomic E-state index is 12.2. The number of hydrogen-bond acceptors (Lipinski definition) is 2. The second kappa shape index (κ2) is 6.04. The molecular weight excluding hydrogens is 318 g/mol. The average Bonchev–Trinajstić information content (AvgIpc) is 2.82. The number of rotatable bonds is 3. The zero-order valence-electron chi connectivity index (χ0n) is 10.1. The molecule has 2 unspecified atom stereocenters. The van der Waals surface area contributed by atoms with Crippen LogP contribution in [0.2, 0.25) is 5.02 Å². The molecule has 0 saturated carbocycles. The lowest BCUT2D eigenvalue weighted by atomic mass is 9.98. The molecule has 1 aliphatic heterocycles. The third-order valence-electron chi connectivity index (χ3n) is 3.13. The molecule has 1 aromatic carbocycles. The van der Waals surface area contributed by atoms with Crippen molar-refractivity contribution in [2.75, 3.05) is 11.9 Å². The van der Waals surface area contributed by atoms with E-state index in [1.54, 1.807) is 12.1 Å². The number of halogens is 2. The Morgan fingerprint density at radius 2 is 2.39 bits per heavy atom. The summed E-state index contributed by atoms with van der Waals surface area (Å²) in [6.07, 6.45) is 1.65. The van der Waals surface area contributed by atoms with Crippen molar-refractivity contribution < 1.29 is 9.53 Å². The topological polar surface area (TPSA) is 38.3 Å². The van der Waals surface area contributed by atoms with Gasteiger partial charge < -0.3 is 10.1 Å². The minimum Gasteiger partial charge on any atom is -0.377 e. The van der Waals surface area contributed by atoms with E-state index in [2.05, 4.69) is 21.2 Å². The van der Waals surface area contributed by atoms with Crippen molar-refractivity contribution in [3.8, 4) is 0 Å². The first-order valence-corrected chi connectivity index (χ1v) is 7.16. The van der Waals surface area contributed by atoms with Gasteiger partial charge in [-0.2, -0.15) is 0 Å². The Bertz CT molecular complexity index is 453. The van der Waals surface area contributed by atoms with Crippen LogP contribution < -0.4 is 5.32 Å². The van der Waals surface area contributed by atoms with E-state index in [-0.39, 0.29) is 17.9 Å². The molecule has 1 aliphatic rings. The predicted molar refractivity (Wildman–Crippen MR) is 75.9 cm³/mol. The predicted octanol–water partition coefficient (Wildman–Crippen LogP) is 3.86. The van der Waals surface area contributed by atoms with E-state index in [4.69, 9.17) is 16.3 Å². The average molecular weight is 333 g/mol. The molecule has 2 rings (SSSR count). The lowest BCUT2D eigenvalue weighted by molar-refractivity contribution is -0.121. The fraction of sp³-hybridized carbons (Fsp3) is 0.462. The molecule has 1 fully saturated rings. The van der Waals surface area contributed by atoms with Crippen LogP contribution in [-0.4, -0.2) is 18.6 Å². The Morgan fingerprint density at radius 3 is 3.11 bits per heavy atom. The van der Waals surface area contributed by atoms with E-state index >= 15 is 0 Å². The van der Waals surface area contributed by atoms with Crippen LogP contribution >= 0.6 is 27.5 Å². The maximum Gasteiger partial charge on any atom is 0.230 e. The number of carbonyl (C=O) groups excluding carboxylic acids is 1. The number of hydrogen-bond donors (Lipinski definition) is 1. The van der Waals surface area contributed by atoms with E-state index in [9.17, 15) is 4.79 Å². The molecule has 1 saturated heterocycles. The molecule has 0 bridgehead atoms. The monoisotopic (exact) mass is 331 g/mol. The van der Waals surface area contributed by atoms with Crippen LogP contribution in [0, 0.1) is 5.92 Å². The van der Waals surface area contributed by atoms with Crippen molar-refractivity contribution in [3.63, 3.8) is 0 Å². The highest BCUT2D eigenvalue weighted by Crippen LogP contribution is 2.29. The van der Waals surface area contributed by atoms with E-state index in [1.807, 2.05) is 13.0 Å². The van der Waals surface area contributed by atoms with Crippen molar-refractivity contribution in [3.05, 3.63) is 27.7 Å². The number of amides is 1. The maximum atomic E-state index is 12.2. The number of anilines is 1. The van der Waals surface area contributed by atoms with Crippen LogP contribution in [0.1, 0.15) is 19.8 Å². The van der Waals surface area contributed by atoms with Gasteiger partial charge in [-0.25, -0.2) is 0 Å². The zero-order valence-corrected chi connectivity index (χ0v) is 12.4. The third kappa shape index (κ3) is 3.05. The Kier molecular flexibility index (Phi) is 4.65. The molecular formula is C13H15BrClNO2. The minimum absolute atomic E-state index is 0.0145. The van der Waals surface area contributed by atoms with E-state index in [0.717, 1.165) is 17.3 Å². The first-order valence-electron chi connectivity index (χ1n) is 5.99. The summed E-state index contributed by atoms with van der Waals surface area (Å²) in [5, 5.41) is 3.42. The quantitative estimate of drug-likeness (QED) is 0.913. The highest BCUT2D eigenvalue weighted by molar-refractivity contribution is 9.10. The summed E-state index contributed by atoms with van der Waals surface area (Å²) in [5.41, 5.74) is 0.637. The zero-order chi connectivity index (χ0) is 13.1. The van der Waals surface area contributed by atoms with Gasteiger partial charge in [-0.1, -0.05) is 34.5 Å². The van der Waals surface area contributed by atoms with Crippen LogP contribution in [0.5, 0.6) is 0 Å². The van der Waals surface area contributed by atoms with Crippen LogP contribution in [0.25, 0.3) is 0 Å². The molecule has 2 atom stereocenters. The molecule has 1 aromatic rings. The molecule has 3 nitrogen and oxygen atoms in total. The van der Waals surface area contributed by atoms with Crippen molar-refractivity contribution in [2.24, 2.45) is 5.92 Å². The highest BCUT2D eigenvalue weighted by atomic mass is 79.9. The van der Waals surface area contributed by atoms with Gasteiger partial charge in [0.25, 0.3) is 0 Å². The number of carbonyl (C=O) groups is 1. The van der Waals surface area contributed by atoms with Crippen LogP contribution in [0.3, 0.4) is 0 Å². The van der Waals surface area contributed by atoms with Crippen LogP contribution in [-0.2, 0) is 9.53 Å². The van der Waals surface area contributed by atoms with Crippen molar-refractivity contribution in [2.45, 2.75) is 25.9 Å². The van der Waals surface area contributed by atoms with Gasteiger partial charge in [0.1, 0.15) is 0 Å². The SMILES string of the molecule is CCC1OCCC1C(=O)Nc1cc(Br)ccc1Cl. The molecule has 0 aliphatic carbocycles. The van der Waals surface area contributed by atoms with E-state index in [1.165, 1.54) is 0 Å². The van der Waals surface area contributed by atoms with Gasteiger partial charge >= 0.3 is 0 Å². The van der Waals surface area contributed by atoms with Crippen LogP contribution in [0.4, 0.5) is 5.69 Å². The molecule has 98 valence electrons. The van der Waals surface area contributed by atoms with E-state index < -0.39 is 0 Å². The Hall–Kier alpha value is -0.580. The molecule has 18 heavy (non-hydrogen) atoms. The summed E-state index contributed by atoms with van der Waals surface area (Å²) < 4.78 is 6.41. The van der Waals surface area contributed by atoms with E-state index in [0.29, 0.717) is 17.3 Å². The normalized spacial score (nSPS) is 23.1. The van der Waals surface area contributed by atoms with Crippen molar-refractivity contribution in [1.82, 2.24) is 0 Å². The fourth-order valence-corrected chi connectivity index (χ4v) is 2.70. The van der Waals surface area contributed by atoms with Gasteiger partial charge in [0.2, 0.25) is 5.91 Å². The summed E-state index contributed by atoms with van der Waals surface area (Å²) in [6.45, 7) is 2.69. The fourth-order valence-electron chi connectivity index (χ4n) is 2.17. The Balaban J connectivity index is 2.09. The summed E-state index contributed by atoms with van der Waals surface area (Å²) in [7, 11) is 0. The molecule has 1 N–H and O–H groups in total. The lowest BCUT2D eigenvalue weighted by Crippen LogP contribution is -2.29. The summed E-state index contributed by atoms with van der Waals surface area (Å²) >= 11 is 9.41. The smallest absolute Gasteiger partial charge is 0.230 e. The Morgan fingerprint density at radius 1 is 1.61 bits per heavy atom. The summed E-state index contributed by atoms with van der Waals surface area (Å²) in [6, 6.07) is 5.40. The lowest BCUT2D eigenvalue weighted by Gasteiger charge is -2.17. The molecule has 5 heteroatoms. The number of benzene rings is 1. The molecule has 0 radical (unpaired) electrons. The van der Waals surface area contributed by atoms with Gasteiger partial charge in [-0.05, 0) is 31.0 Å². The first kappa shape index (κ1) is 13.8. The molecule has 0 spiro atoms. The van der Waals surface area contributed by atoms with Gasteiger partial charge in [0.15, 0.2) is 0 Å². The molecule has 0 aromatic heterocycles. The number of nitrogens with one attached hydrogen (secondary N) is 1. The summed E-state index contributed by atoms with van der Waals surface area (Å²) in [5.74, 6) is -0.0931. The standard InChI is InChI=1S/C13H15BrClNO2/c1-2-12-9(5-6-18-12)13(17)16-11-7-8(14)3-4-10(11)15/h3-4,7,9,12H,2,5-6H2,1H3,(H,16,17).